The van der Waals surface area contributed by atoms with Crippen LogP contribution in [0.3, 0.4) is 0 Å². The van der Waals surface area contributed by atoms with E-state index in [1.165, 1.54) is 11.2 Å². The number of hydrogen-bond donors (Lipinski definition) is 1. The van der Waals surface area contributed by atoms with Crippen LogP contribution in [0.4, 0.5) is 11.4 Å². The summed E-state index contributed by atoms with van der Waals surface area (Å²) in [5.74, 6) is -0.325. The largest absolute Gasteiger partial charge is 0.371 e. The van der Waals surface area contributed by atoms with Gasteiger partial charge in [-0.05, 0) is 19.1 Å². The molecule has 0 saturated heterocycles. The van der Waals surface area contributed by atoms with Crippen LogP contribution in [0.15, 0.2) is 24.3 Å². The lowest BCUT2D eigenvalue weighted by atomic mass is 10.2. The van der Waals surface area contributed by atoms with Crippen molar-refractivity contribution in [2.45, 2.75) is 6.92 Å². The number of para-hydroxylation sites is 2. The van der Waals surface area contributed by atoms with Gasteiger partial charge < -0.3 is 4.90 Å². The third-order valence-corrected chi connectivity index (χ3v) is 6.77. The SMILES string of the molecule is CCS(=O)(=O)NCCS(=O)(=O)N1CCN(C)c2ccccc21. The Morgan fingerprint density at radius 2 is 1.73 bits per heavy atom. The van der Waals surface area contributed by atoms with Gasteiger partial charge in [-0.15, -0.1) is 0 Å². The maximum atomic E-state index is 12.5. The minimum Gasteiger partial charge on any atom is -0.371 e. The van der Waals surface area contributed by atoms with Crippen molar-refractivity contribution in [3.63, 3.8) is 0 Å². The zero-order valence-electron chi connectivity index (χ0n) is 12.7. The van der Waals surface area contributed by atoms with Crippen LogP contribution in [0.1, 0.15) is 6.92 Å². The number of rotatable bonds is 6. The van der Waals surface area contributed by atoms with E-state index in [0.29, 0.717) is 18.8 Å². The topological polar surface area (TPSA) is 86.8 Å². The molecule has 7 nitrogen and oxygen atoms in total. The van der Waals surface area contributed by atoms with Gasteiger partial charge in [0.15, 0.2) is 0 Å². The fourth-order valence-corrected chi connectivity index (χ4v) is 4.45. The van der Waals surface area contributed by atoms with Gasteiger partial charge in [-0.1, -0.05) is 12.1 Å². The Morgan fingerprint density at radius 3 is 2.36 bits per heavy atom. The number of benzene rings is 1. The van der Waals surface area contributed by atoms with E-state index in [1.54, 1.807) is 12.1 Å². The minimum atomic E-state index is -3.57. The second-order valence-electron chi connectivity index (χ2n) is 5.10. The highest BCUT2D eigenvalue weighted by molar-refractivity contribution is 7.93. The smallest absolute Gasteiger partial charge is 0.236 e. The Morgan fingerprint density at radius 1 is 1.09 bits per heavy atom. The Balaban J connectivity index is 2.15. The van der Waals surface area contributed by atoms with E-state index < -0.39 is 20.0 Å². The van der Waals surface area contributed by atoms with E-state index in [1.807, 2.05) is 24.1 Å². The molecule has 124 valence electrons. The summed E-state index contributed by atoms with van der Waals surface area (Å²) in [5.41, 5.74) is 1.49. The molecule has 0 aliphatic carbocycles. The Labute approximate surface area is 132 Å². The maximum absolute atomic E-state index is 12.5. The van der Waals surface area contributed by atoms with Crippen LogP contribution >= 0.6 is 0 Å². The number of fused-ring (bicyclic) bond motifs is 1. The van der Waals surface area contributed by atoms with Gasteiger partial charge in [-0.3, -0.25) is 4.31 Å². The summed E-state index contributed by atoms with van der Waals surface area (Å²) in [6.45, 7) is 2.34. The van der Waals surface area contributed by atoms with Gasteiger partial charge in [-0.25, -0.2) is 21.6 Å². The number of hydrogen-bond acceptors (Lipinski definition) is 5. The first-order valence-corrected chi connectivity index (χ1v) is 10.3. The van der Waals surface area contributed by atoms with Crippen molar-refractivity contribution in [2.75, 3.05) is 47.4 Å². The fraction of sp³-hybridized carbons (Fsp3) is 0.538. The fourth-order valence-electron chi connectivity index (χ4n) is 2.31. The summed E-state index contributed by atoms with van der Waals surface area (Å²) in [5, 5.41) is 0. The molecule has 9 heteroatoms. The van der Waals surface area contributed by atoms with Crippen molar-refractivity contribution in [3.8, 4) is 0 Å². The molecule has 1 aromatic rings. The molecule has 0 aromatic heterocycles. The zero-order valence-corrected chi connectivity index (χ0v) is 14.3. The van der Waals surface area contributed by atoms with Crippen molar-refractivity contribution in [1.82, 2.24) is 4.72 Å². The van der Waals surface area contributed by atoms with Crippen LogP contribution in [0.25, 0.3) is 0 Å². The highest BCUT2D eigenvalue weighted by Crippen LogP contribution is 2.33. The summed E-state index contributed by atoms with van der Waals surface area (Å²) in [7, 11) is -5.04. The molecule has 1 aromatic carbocycles. The van der Waals surface area contributed by atoms with Gasteiger partial charge in [0.25, 0.3) is 0 Å². The lowest BCUT2D eigenvalue weighted by molar-refractivity contribution is 0.580. The molecule has 1 heterocycles. The molecule has 2 rings (SSSR count). The summed E-state index contributed by atoms with van der Waals surface area (Å²) >= 11 is 0. The molecule has 0 amide bonds. The predicted molar refractivity (Wildman–Crippen MR) is 88.3 cm³/mol. The number of sulfonamides is 2. The normalized spacial score (nSPS) is 15.7. The summed E-state index contributed by atoms with van der Waals surface area (Å²) in [4.78, 5) is 2.00. The maximum Gasteiger partial charge on any atom is 0.236 e. The third kappa shape index (κ3) is 3.71. The van der Waals surface area contributed by atoms with Crippen LogP contribution in [0, 0.1) is 0 Å². The molecule has 0 unspecified atom stereocenters. The van der Waals surface area contributed by atoms with Crippen molar-refractivity contribution in [1.29, 1.82) is 0 Å². The molecule has 1 aliphatic rings. The van der Waals surface area contributed by atoms with Gasteiger partial charge >= 0.3 is 0 Å². The summed E-state index contributed by atoms with van der Waals surface area (Å²) in [6, 6.07) is 7.29. The molecule has 1 N–H and O–H groups in total. The highest BCUT2D eigenvalue weighted by atomic mass is 32.2. The Bertz CT molecular complexity index is 731. The second-order valence-corrected chi connectivity index (χ2v) is 9.20. The average Bonchev–Trinajstić information content (AvgIpc) is 2.47. The minimum absolute atomic E-state index is 0.0651. The van der Waals surface area contributed by atoms with Gasteiger partial charge in [0.05, 0.1) is 29.4 Å². The van der Waals surface area contributed by atoms with Crippen molar-refractivity contribution in [3.05, 3.63) is 24.3 Å². The van der Waals surface area contributed by atoms with Crippen LogP contribution in [0.2, 0.25) is 0 Å². The quantitative estimate of drug-likeness (QED) is 0.795. The number of anilines is 2. The average molecular weight is 347 g/mol. The van der Waals surface area contributed by atoms with E-state index in [2.05, 4.69) is 4.72 Å². The van der Waals surface area contributed by atoms with E-state index in [9.17, 15) is 16.8 Å². The van der Waals surface area contributed by atoms with Gasteiger partial charge in [0.2, 0.25) is 20.0 Å². The van der Waals surface area contributed by atoms with Crippen LogP contribution in [-0.4, -0.2) is 55.0 Å². The van der Waals surface area contributed by atoms with E-state index >= 15 is 0 Å². The van der Waals surface area contributed by atoms with Crippen molar-refractivity contribution in [2.24, 2.45) is 0 Å². The van der Waals surface area contributed by atoms with Gasteiger partial charge in [0, 0.05) is 20.1 Å². The van der Waals surface area contributed by atoms with Crippen LogP contribution < -0.4 is 13.9 Å². The molecular weight excluding hydrogens is 326 g/mol. The molecule has 0 radical (unpaired) electrons. The lowest BCUT2D eigenvalue weighted by Gasteiger charge is -2.36. The number of nitrogens with zero attached hydrogens (tertiary/aromatic N) is 2. The van der Waals surface area contributed by atoms with Gasteiger partial charge in [-0.2, -0.15) is 0 Å². The summed E-state index contributed by atoms with van der Waals surface area (Å²) in [6.07, 6.45) is 0. The molecule has 1 aliphatic heterocycles. The Hall–Kier alpha value is -1.32. The molecule has 0 atom stereocenters. The Kier molecular flexibility index (Phi) is 4.98. The summed E-state index contributed by atoms with van der Waals surface area (Å²) < 4.78 is 51.4. The van der Waals surface area contributed by atoms with E-state index in [4.69, 9.17) is 0 Å². The number of nitrogens with one attached hydrogen (secondary N) is 1. The van der Waals surface area contributed by atoms with Crippen LogP contribution in [-0.2, 0) is 20.0 Å². The highest BCUT2D eigenvalue weighted by Gasteiger charge is 2.29. The molecular formula is C13H21N3O4S2. The van der Waals surface area contributed by atoms with Gasteiger partial charge in [0.1, 0.15) is 0 Å². The molecule has 0 saturated carbocycles. The van der Waals surface area contributed by atoms with Crippen LogP contribution in [0.5, 0.6) is 0 Å². The zero-order chi connectivity index (χ0) is 16.4. The first-order valence-electron chi connectivity index (χ1n) is 7.05. The standard InChI is InChI=1S/C13H21N3O4S2/c1-3-21(17,18)14-8-11-22(19,20)16-10-9-15(2)12-6-4-5-7-13(12)16/h4-7,14H,3,8-11H2,1-2H3. The lowest BCUT2D eigenvalue weighted by Crippen LogP contribution is -2.45. The van der Waals surface area contributed by atoms with Crippen molar-refractivity contribution < 1.29 is 16.8 Å². The van der Waals surface area contributed by atoms with E-state index in [-0.39, 0.29) is 18.1 Å². The predicted octanol–water partition coefficient (Wildman–Crippen LogP) is 0.212. The number of likely N-dealkylation sites (N-methyl/N-ethyl adjacent to an activating group) is 1. The molecule has 22 heavy (non-hydrogen) atoms. The molecule has 0 bridgehead atoms. The third-order valence-electron chi connectivity index (χ3n) is 3.60. The first kappa shape index (κ1) is 17.0. The first-order chi connectivity index (χ1) is 10.3. The molecule has 0 fully saturated rings. The van der Waals surface area contributed by atoms with Crippen molar-refractivity contribution >= 4 is 31.4 Å². The second kappa shape index (κ2) is 6.43. The van der Waals surface area contributed by atoms with E-state index in [0.717, 1.165) is 5.69 Å². The molecule has 0 spiro atoms. The monoisotopic (exact) mass is 347 g/mol.